The Morgan fingerprint density at radius 3 is 2.65 bits per heavy atom. The lowest BCUT2D eigenvalue weighted by molar-refractivity contribution is 0.260. The molecular formula is C27H30F3N3O. The van der Waals surface area contributed by atoms with Gasteiger partial charge in [-0.3, -0.25) is 4.98 Å². The molecule has 1 fully saturated rings. The van der Waals surface area contributed by atoms with Crippen LogP contribution in [0.3, 0.4) is 0 Å². The zero-order chi connectivity index (χ0) is 24.1. The number of aromatic nitrogens is 1. The number of pyridine rings is 1. The van der Waals surface area contributed by atoms with Crippen LogP contribution in [-0.2, 0) is 6.42 Å². The number of hydrogen-bond donors (Lipinski definition) is 2. The van der Waals surface area contributed by atoms with Crippen molar-refractivity contribution < 1.29 is 17.9 Å². The zero-order valence-electron chi connectivity index (χ0n) is 19.2. The van der Waals surface area contributed by atoms with E-state index < -0.39 is 11.6 Å². The number of hydrogen-bond acceptors (Lipinski definition) is 4. The summed E-state index contributed by atoms with van der Waals surface area (Å²) in [5.41, 5.74) is 8.11. The Morgan fingerprint density at radius 2 is 1.88 bits per heavy atom. The number of nitrogens with zero attached hydrogens (tertiary/aromatic N) is 1. The Morgan fingerprint density at radius 1 is 1.09 bits per heavy atom. The van der Waals surface area contributed by atoms with Crippen LogP contribution in [0, 0.1) is 23.4 Å². The first-order valence-electron chi connectivity index (χ1n) is 11.7. The molecule has 1 aromatic heterocycles. The molecule has 0 bridgehead atoms. The number of fused-ring (bicyclic) bond motifs is 1. The van der Waals surface area contributed by atoms with Crippen LogP contribution < -0.4 is 15.8 Å². The number of benzene rings is 2. The number of methoxy groups -OCH3 is 1. The maximum absolute atomic E-state index is 14.7. The molecule has 3 aromatic rings. The maximum atomic E-state index is 14.7. The number of nitrogens with two attached hydrogens (primary N) is 1. The van der Waals surface area contributed by atoms with Crippen LogP contribution >= 0.6 is 0 Å². The SMILES string of the molecule is COc1ccc2ncc(F)c(CC(N)[C@H]3CC[C@H](NCC=Cc4cc(F)ccc4F)CC3)c2c1. The number of ether oxygens (including phenoxy) is 1. The highest BCUT2D eigenvalue weighted by molar-refractivity contribution is 5.83. The first-order chi connectivity index (χ1) is 16.4. The third kappa shape index (κ3) is 5.77. The van der Waals surface area contributed by atoms with Gasteiger partial charge in [-0.1, -0.05) is 12.2 Å². The Hall–Kier alpha value is -2.90. The van der Waals surface area contributed by atoms with Gasteiger partial charge in [0.25, 0.3) is 0 Å². The molecule has 2 aromatic carbocycles. The number of nitrogens with one attached hydrogen (secondary N) is 1. The van der Waals surface area contributed by atoms with Crippen LogP contribution in [0.15, 0.2) is 48.7 Å². The Labute approximate surface area is 198 Å². The predicted octanol–water partition coefficient (Wildman–Crippen LogP) is 5.39. The Bertz CT molecular complexity index is 1160. The second-order valence-corrected chi connectivity index (χ2v) is 8.92. The van der Waals surface area contributed by atoms with E-state index in [9.17, 15) is 13.2 Å². The normalized spacial score (nSPS) is 19.6. The molecule has 1 saturated carbocycles. The average Bonchev–Trinajstić information content (AvgIpc) is 2.85. The zero-order valence-corrected chi connectivity index (χ0v) is 19.2. The summed E-state index contributed by atoms with van der Waals surface area (Å²) >= 11 is 0. The van der Waals surface area contributed by atoms with Gasteiger partial charge >= 0.3 is 0 Å². The van der Waals surface area contributed by atoms with Crippen LogP contribution in [0.5, 0.6) is 5.75 Å². The van der Waals surface area contributed by atoms with E-state index >= 15 is 0 Å². The van der Waals surface area contributed by atoms with Crippen molar-refractivity contribution in [3.63, 3.8) is 0 Å². The standard InChI is InChI=1S/C27H30F3N3O/c1-34-21-9-11-27-23(14-21)22(25(30)16-33-27)15-26(31)17-4-7-20(8-5-17)32-12-2-3-18-13-19(28)6-10-24(18)29/h2-3,6,9-11,13-14,16-17,20,26,32H,4-5,7-8,12,15,31H2,1H3/t17-,20-,26?. The summed E-state index contributed by atoms with van der Waals surface area (Å²) in [6, 6.07) is 9.07. The van der Waals surface area contributed by atoms with Crippen molar-refractivity contribution in [1.82, 2.24) is 10.3 Å². The molecule has 4 rings (SSSR count). The van der Waals surface area contributed by atoms with Crippen molar-refractivity contribution in [2.75, 3.05) is 13.7 Å². The first-order valence-corrected chi connectivity index (χ1v) is 11.7. The summed E-state index contributed by atoms with van der Waals surface area (Å²) in [6.45, 7) is 0.577. The molecule has 4 nitrogen and oxygen atoms in total. The molecule has 0 amide bonds. The van der Waals surface area contributed by atoms with Gasteiger partial charge in [0.1, 0.15) is 23.2 Å². The van der Waals surface area contributed by atoms with Gasteiger partial charge in [0.05, 0.1) is 18.8 Å². The molecule has 1 aliphatic rings. The van der Waals surface area contributed by atoms with E-state index in [-0.39, 0.29) is 17.4 Å². The van der Waals surface area contributed by atoms with E-state index in [0.717, 1.165) is 48.7 Å². The molecule has 7 heteroatoms. The lowest BCUT2D eigenvalue weighted by Crippen LogP contribution is -2.40. The molecule has 1 heterocycles. The van der Waals surface area contributed by atoms with Gasteiger partial charge in [-0.2, -0.15) is 0 Å². The van der Waals surface area contributed by atoms with Crippen molar-refractivity contribution in [2.45, 2.75) is 44.2 Å². The van der Waals surface area contributed by atoms with Crippen LogP contribution in [0.4, 0.5) is 13.2 Å². The maximum Gasteiger partial charge on any atom is 0.145 e. The second-order valence-electron chi connectivity index (χ2n) is 8.92. The molecule has 0 saturated heterocycles. The van der Waals surface area contributed by atoms with Crippen molar-refractivity contribution in [2.24, 2.45) is 11.7 Å². The van der Waals surface area contributed by atoms with E-state index in [4.69, 9.17) is 10.5 Å². The molecule has 180 valence electrons. The van der Waals surface area contributed by atoms with Crippen molar-refractivity contribution in [3.8, 4) is 5.75 Å². The van der Waals surface area contributed by atoms with E-state index in [2.05, 4.69) is 10.3 Å². The van der Waals surface area contributed by atoms with Crippen LogP contribution in [0.1, 0.15) is 36.8 Å². The molecule has 0 aliphatic heterocycles. The Kier molecular flexibility index (Phi) is 7.85. The Balaban J connectivity index is 1.30. The monoisotopic (exact) mass is 469 g/mol. The summed E-state index contributed by atoms with van der Waals surface area (Å²) in [7, 11) is 1.58. The molecule has 1 unspecified atom stereocenters. The second kappa shape index (κ2) is 11.0. The lowest BCUT2D eigenvalue weighted by Gasteiger charge is -2.32. The lowest BCUT2D eigenvalue weighted by atomic mass is 9.79. The molecule has 34 heavy (non-hydrogen) atoms. The molecule has 3 N–H and O–H groups in total. The fourth-order valence-corrected chi connectivity index (χ4v) is 4.75. The number of halogens is 3. The highest BCUT2D eigenvalue weighted by Gasteiger charge is 2.26. The quantitative estimate of drug-likeness (QED) is 0.464. The van der Waals surface area contributed by atoms with Crippen molar-refractivity contribution in [3.05, 3.63) is 77.2 Å². The summed E-state index contributed by atoms with van der Waals surface area (Å²) in [5.74, 6) is -0.266. The van der Waals surface area contributed by atoms with Crippen LogP contribution in [-0.4, -0.2) is 30.7 Å². The summed E-state index contributed by atoms with van der Waals surface area (Å²) in [4.78, 5) is 4.19. The van der Waals surface area contributed by atoms with E-state index in [1.165, 1.54) is 12.3 Å². The van der Waals surface area contributed by atoms with E-state index in [1.807, 2.05) is 18.2 Å². The summed E-state index contributed by atoms with van der Waals surface area (Å²) in [6.07, 6.45) is 8.95. The molecular weight excluding hydrogens is 439 g/mol. The first kappa shape index (κ1) is 24.2. The van der Waals surface area contributed by atoms with Gasteiger partial charge in [-0.25, -0.2) is 13.2 Å². The minimum Gasteiger partial charge on any atom is -0.497 e. The minimum absolute atomic E-state index is 0.150. The topological polar surface area (TPSA) is 60.2 Å². The molecule has 0 radical (unpaired) electrons. The predicted molar refractivity (Wildman–Crippen MR) is 129 cm³/mol. The van der Waals surface area contributed by atoms with Gasteiger partial charge < -0.3 is 15.8 Å². The van der Waals surface area contributed by atoms with E-state index in [0.29, 0.717) is 36.2 Å². The third-order valence-corrected chi connectivity index (χ3v) is 6.73. The van der Waals surface area contributed by atoms with Crippen LogP contribution in [0.25, 0.3) is 17.0 Å². The average molecular weight is 470 g/mol. The largest absolute Gasteiger partial charge is 0.497 e. The highest BCUT2D eigenvalue weighted by atomic mass is 19.1. The van der Waals surface area contributed by atoms with Crippen molar-refractivity contribution >= 4 is 17.0 Å². The molecule has 1 atom stereocenters. The summed E-state index contributed by atoms with van der Waals surface area (Å²) < 4.78 is 46.9. The minimum atomic E-state index is -0.456. The van der Waals surface area contributed by atoms with E-state index in [1.54, 1.807) is 19.3 Å². The third-order valence-electron chi connectivity index (χ3n) is 6.73. The number of rotatable bonds is 8. The fraction of sp³-hybridized carbons (Fsp3) is 0.370. The van der Waals surface area contributed by atoms with Gasteiger partial charge in [0.15, 0.2) is 0 Å². The van der Waals surface area contributed by atoms with Gasteiger partial charge in [0, 0.05) is 35.1 Å². The fourth-order valence-electron chi connectivity index (χ4n) is 4.75. The molecule has 1 aliphatic carbocycles. The molecule has 0 spiro atoms. The van der Waals surface area contributed by atoms with Gasteiger partial charge in [-0.15, -0.1) is 0 Å². The smallest absolute Gasteiger partial charge is 0.145 e. The van der Waals surface area contributed by atoms with Crippen LogP contribution in [0.2, 0.25) is 0 Å². The van der Waals surface area contributed by atoms with Gasteiger partial charge in [-0.05, 0) is 74.4 Å². The highest BCUT2D eigenvalue weighted by Crippen LogP contribution is 2.30. The van der Waals surface area contributed by atoms with Crippen molar-refractivity contribution in [1.29, 1.82) is 0 Å². The van der Waals surface area contributed by atoms with Gasteiger partial charge in [0.2, 0.25) is 0 Å². The summed E-state index contributed by atoms with van der Waals surface area (Å²) in [5, 5.41) is 4.20.